The first-order chi connectivity index (χ1) is 15.0. The molecule has 0 saturated carbocycles. The molecule has 7 heteroatoms. The predicted octanol–water partition coefficient (Wildman–Crippen LogP) is 3.95. The zero-order chi connectivity index (χ0) is 21.8. The SMILES string of the molecule is CN1CC[C@@H](CN(Cc2ccc(F)cc2F)C(=O)NCc2ccc3c(c2)CCCO3)C1. The molecule has 2 amide bonds. The molecule has 1 fully saturated rings. The maximum Gasteiger partial charge on any atom is 0.317 e. The quantitative estimate of drug-likeness (QED) is 0.756. The Morgan fingerprint density at radius 2 is 2.13 bits per heavy atom. The highest BCUT2D eigenvalue weighted by Gasteiger charge is 2.25. The second kappa shape index (κ2) is 9.64. The van der Waals surface area contributed by atoms with Crippen molar-refractivity contribution in [2.24, 2.45) is 5.92 Å². The number of carbonyl (C=O) groups is 1. The fourth-order valence-electron chi connectivity index (χ4n) is 4.37. The lowest BCUT2D eigenvalue weighted by atomic mass is 10.0. The minimum atomic E-state index is -0.629. The van der Waals surface area contributed by atoms with Crippen LogP contribution >= 0.6 is 0 Å². The second-order valence-electron chi connectivity index (χ2n) is 8.59. The number of nitrogens with zero attached hydrogens (tertiary/aromatic N) is 2. The summed E-state index contributed by atoms with van der Waals surface area (Å²) in [6.45, 7) is 3.66. The van der Waals surface area contributed by atoms with Crippen LogP contribution in [0.4, 0.5) is 13.6 Å². The van der Waals surface area contributed by atoms with E-state index in [2.05, 4.69) is 23.3 Å². The Morgan fingerprint density at radius 3 is 2.90 bits per heavy atom. The molecule has 0 radical (unpaired) electrons. The molecule has 0 aromatic heterocycles. The van der Waals surface area contributed by atoms with Gasteiger partial charge in [0.15, 0.2) is 0 Å². The van der Waals surface area contributed by atoms with Gasteiger partial charge in [-0.2, -0.15) is 0 Å². The van der Waals surface area contributed by atoms with Gasteiger partial charge in [-0.3, -0.25) is 0 Å². The molecule has 0 bridgehead atoms. The van der Waals surface area contributed by atoms with Gasteiger partial charge in [-0.1, -0.05) is 18.2 Å². The maximum atomic E-state index is 14.2. The third-order valence-electron chi connectivity index (χ3n) is 6.05. The van der Waals surface area contributed by atoms with Crippen LogP contribution in [-0.2, 0) is 19.5 Å². The van der Waals surface area contributed by atoms with Crippen LogP contribution in [-0.4, -0.2) is 49.1 Å². The number of carbonyl (C=O) groups excluding carboxylic acids is 1. The second-order valence-corrected chi connectivity index (χ2v) is 8.59. The molecule has 2 aliphatic heterocycles. The number of urea groups is 1. The molecule has 0 aliphatic carbocycles. The Hall–Kier alpha value is -2.67. The zero-order valence-corrected chi connectivity index (χ0v) is 17.9. The molecule has 2 aliphatic rings. The molecule has 2 aromatic rings. The van der Waals surface area contributed by atoms with Gasteiger partial charge in [-0.15, -0.1) is 0 Å². The number of hydrogen-bond acceptors (Lipinski definition) is 3. The van der Waals surface area contributed by atoms with Gasteiger partial charge in [0.25, 0.3) is 0 Å². The molecular weight excluding hydrogens is 400 g/mol. The zero-order valence-electron chi connectivity index (χ0n) is 17.9. The molecule has 4 rings (SSSR count). The highest BCUT2D eigenvalue weighted by atomic mass is 19.1. The molecule has 0 unspecified atom stereocenters. The number of hydrogen-bond donors (Lipinski definition) is 1. The van der Waals surface area contributed by atoms with Crippen LogP contribution < -0.4 is 10.1 Å². The average Bonchev–Trinajstić information content (AvgIpc) is 3.17. The summed E-state index contributed by atoms with van der Waals surface area (Å²) in [5.74, 6) is 0.00216. The molecule has 2 heterocycles. The summed E-state index contributed by atoms with van der Waals surface area (Å²) in [6.07, 6.45) is 2.97. The Morgan fingerprint density at radius 1 is 1.26 bits per heavy atom. The third-order valence-corrected chi connectivity index (χ3v) is 6.05. The lowest BCUT2D eigenvalue weighted by molar-refractivity contribution is 0.183. The fraction of sp³-hybridized carbons (Fsp3) is 0.458. The highest BCUT2D eigenvalue weighted by Crippen LogP contribution is 2.25. The summed E-state index contributed by atoms with van der Waals surface area (Å²) < 4.78 is 33.2. The molecule has 31 heavy (non-hydrogen) atoms. The summed E-state index contributed by atoms with van der Waals surface area (Å²) >= 11 is 0. The Bertz CT molecular complexity index is 937. The van der Waals surface area contributed by atoms with Gasteiger partial charge >= 0.3 is 6.03 Å². The average molecular weight is 430 g/mol. The number of benzene rings is 2. The van der Waals surface area contributed by atoms with Gasteiger partial charge in [0.05, 0.1) is 13.2 Å². The Kier molecular flexibility index (Phi) is 6.70. The number of fused-ring (bicyclic) bond motifs is 1. The molecule has 0 spiro atoms. The molecular formula is C24H29F2N3O2. The topological polar surface area (TPSA) is 44.8 Å². The lowest BCUT2D eigenvalue weighted by Gasteiger charge is -2.26. The fourth-order valence-corrected chi connectivity index (χ4v) is 4.37. The van der Waals surface area contributed by atoms with E-state index < -0.39 is 11.6 Å². The van der Waals surface area contributed by atoms with E-state index in [0.29, 0.717) is 24.6 Å². The molecule has 2 aromatic carbocycles. The van der Waals surface area contributed by atoms with Gasteiger partial charge in [-0.25, -0.2) is 13.6 Å². The standard InChI is InChI=1S/C24H29F2N3O2/c1-28-9-8-18(14-28)15-29(16-20-5-6-21(25)12-22(20)26)24(30)27-13-17-4-7-23-19(11-17)3-2-10-31-23/h4-7,11-12,18H,2-3,8-10,13-16H2,1H3,(H,27,30)/t18-/m1/s1. The Balaban J connectivity index is 1.43. The smallest absolute Gasteiger partial charge is 0.317 e. The van der Waals surface area contributed by atoms with Crippen molar-refractivity contribution in [2.75, 3.05) is 33.3 Å². The van der Waals surface area contributed by atoms with E-state index in [0.717, 1.165) is 61.9 Å². The number of aryl methyl sites for hydroxylation is 1. The summed E-state index contributed by atoms with van der Waals surface area (Å²) in [6, 6.07) is 9.25. The largest absolute Gasteiger partial charge is 0.493 e. The lowest BCUT2D eigenvalue weighted by Crippen LogP contribution is -2.42. The van der Waals surface area contributed by atoms with Gasteiger partial charge in [0.1, 0.15) is 17.4 Å². The number of likely N-dealkylation sites (tertiary alicyclic amines) is 1. The first kappa shape index (κ1) is 21.6. The molecule has 5 nitrogen and oxygen atoms in total. The van der Waals surface area contributed by atoms with E-state index in [9.17, 15) is 13.6 Å². The van der Waals surface area contributed by atoms with Gasteiger partial charge < -0.3 is 19.9 Å². The molecule has 1 saturated heterocycles. The van der Waals surface area contributed by atoms with Crippen LogP contribution in [0.5, 0.6) is 5.75 Å². The van der Waals surface area contributed by atoms with Gasteiger partial charge in [-0.05, 0) is 62.0 Å². The van der Waals surface area contributed by atoms with Crippen LogP contribution in [0.15, 0.2) is 36.4 Å². The van der Waals surface area contributed by atoms with Crippen molar-refractivity contribution in [2.45, 2.75) is 32.4 Å². The van der Waals surface area contributed by atoms with Crippen molar-refractivity contribution in [1.29, 1.82) is 0 Å². The predicted molar refractivity (Wildman–Crippen MR) is 115 cm³/mol. The van der Waals surface area contributed by atoms with E-state index in [-0.39, 0.29) is 12.6 Å². The summed E-state index contributed by atoms with van der Waals surface area (Å²) in [5.41, 5.74) is 2.48. The van der Waals surface area contributed by atoms with Crippen LogP contribution in [0.3, 0.4) is 0 Å². The van der Waals surface area contributed by atoms with Crippen molar-refractivity contribution in [3.05, 3.63) is 64.7 Å². The summed E-state index contributed by atoms with van der Waals surface area (Å²) in [7, 11) is 2.06. The van der Waals surface area contributed by atoms with E-state index in [1.807, 2.05) is 12.1 Å². The number of rotatable bonds is 6. The normalized spacial score (nSPS) is 18.4. The van der Waals surface area contributed by atoms with Gasteiger partial charge in [0.2, 0.25) is 0 Å². The minimum Gasteiger partial charge on any atom is -0.493 e. The van der Waals surface area contributed by atoms with Crippen molar-refractivity contribution in [3.63, 3.8) is 0 Å². The van der Waals surface area contributed by atoms with E-state index in [4.69, 9.17) is 4.74 Å². The van der Waals surface area contributed by atoms with Crippen molar-refractivity contribution < 1.29 is 18.3 Å². The van der Waals surface area contributed by atoms with Crippen molar-refractivity contribution >= 4 is 6.03 Å². The summed E-state index contributed by atoms with van der Waals surface area (Å²) in [4.78, 5) is 16.9. The van der Waals surface area contributed by atoms with E-state index in [1.54, 1.807) is 4.90 Å². The third kappa shape index (κ3) is 5.53. The van der Waals surface area contributed by atoms with E-state index in [1.165, 1.54) is 12.1 Å². The Labute approximate surface area is 182 Å². The highest BCUT2D eigenvalue weighted by molar-refractivity contribution is 5.74. The first-order valence-electron chi connectivity index (χ1n) is 10.9. The number of amides is 2. The minimum absolute atomic E-state index is 0.107. The van der Waals surface area contributed by atoms with Crippen LogP contribution in [0, 0.1) is 17.6 Å². The summed E-state index contributed by atoms with van der Waals surface area (Å²) in [5, 5.41) is 2.98. The molecule has 166 valence electrons. The number of halogens is 2. The van der Waals surface area contributed by atoms with Crippen molar-refractivity contribution in [1.82, 2.24) is 15.1 Å². The molecule has 1 atom stereocenters. The van der Waals surface area contributed by atoms with Crippen molar-refractivity contribution in [3.8, 4) is 5.75 Å². The monoisotopic (exact) mass is 429 g/mol. The number of ether oxygens (including phenoxy) is 1. The first-order valence-corrected chi connectivity index (χ1v) is 10.9. The van der Waals surface area contributed by atoms with Crippen LogP contribution in [0.2, 0.25) is 0 Å². The van der Waals surface area contributed by atoms with Gasteiger partial charge in [0, 0.05) is 31.3 Å². The van der Waals surface area contributed by atoms with Crippen LogP contribution in [0.1, 0.15) is 29.5 Å². The van der Waals surface area contributed by atoms with Crippen LogP contribution in [0.25, 0.3) is 0 Å². The maximum absolute atomic E-state index is 14.2. The number of nitrogens with one attached hydrogen (secondary N) is 1. The van der Waals surface area contributed by atoms with E-state index >= 15 is 0 Å². The molecule has 1 N–H and O–H groups in total.